The molecular weight excluding hydrogens is 423 g/mol. The summed E-state index contributed by atoms with van der Waals surface area (Å²) in [6.45, 7) is 3.94. The summed E-state index contributed by atoms with van der Waals surface area (Å²) >= 11 is 0. The van der Waals surface area contributed by atoms with Crippen LogP contribution in [0.3, 0.4) is 0 Å². The van der Waals surface area contributed by atoms with Crippen LogP contribution in [0.4, 0.5) is 0 Å². The van der Waals surface area contributed by atoms with Gasteiger partial charge in [0.1, 0.15) is 5.75 Å². The van der Waals surface area contributed by atoms with Gasteiger partial charge in [0.2, 0.25) is 5.91 Å². The number of aliphatic hydroxyl groups excluding tert-OH is 1. The minimum absolute atomic E-state index is 0.0500. The average Bonchev–Trinajstić information content (AvgIpc) is 2.75. The Balaban J connectivity index is 1.60. The molecule has 32 heavy (non-hydrogen) atoms. The number of aliphatic hydroxyl groups is 1. The lowest BCUT2D eigenvalue weighted by Gasteiger charge is -2.37. The van der Waals surface area contributed by atoms with Crippen molar-refractivity contribution in [3.05, 3.63) is 29.3 Å². The SMILES string of the molecule is CCN1CCN(C(O)N[C@@H](C)C(=O)N[C@H]2Cc3cccc(C(=O)O)c3OB2O)C(=O)C1=O. The van der Waals surface area contributed by atoms with Crippen molar-refractivity contribution in [1.29, 1.82) is 0 Å². The molecule has 0 saturated carbocycles. The zero-order chi connectivity index (χ0) is 23.6. The largest absolute Gasteiger partial charge is 0.547 e. The highest BCUT2D eigenvalue weighted by molar-refractivity contribution is 6.47. The van der Waals surface area contributed by atoms with Gasteiger partial charge < -0.3 is 30.1 Å². The van der Waals surface area contributed by atoms with E-state index in [1.54, 1.807) is 19.1 Å². The molecule has 1 unspecified atom stereocenters. The number of piperazine rings is 1. The van der Waals surface area contributed by atoms with Gasteiger partial charge in [-0.05, 0) is 31.9 Å². The van der Waals surface area contributed by atoms with Gasteiger partial charge in [0.05, 0.1) is 17.5 Å². The second-order valence-electron chi connectivity index (χ2n) is 7.57. The maximum absolute atomic E-state index is 12.6. The van der Waals surface area contributed by atoms with Crippen LogP contribution in [0.2, 0.25) is 0 Å². The van der Waals surface area contributed by atoms with E-state index in [9.17, 15) is 34.4 Å². The van der Waals surface area contributed by atoms with Crippen molar-refractivity contribution >= 4 is 30.8 Å². The molecule has 0 aliphatic carbocycles. The van der Waals surface area contributed by atoms with Crippen LogP contribution in [0, 0.1) is 0 Å². The Morgan fingerprint density at radius 1 is 1.28 bits per heavy atom. The lowest BCUT2D eigenvalue weighted by atomic mass is 9.72. The summed E-state index contributed by atoms with van der Waals surface area (Å²) in [5, 5.41) is 35.0. The van der Waals surface area contributed by atoms with Crippen LogP contribution >= 0.6 is 0 Å². The molecule has 3 rings (SSSR count). The third kappa shape index (κ3) is 4.69. The van der Waals surface area contributed by atoms with Crippen molar-refractivity contribution in [2.75, 3.05) is 19.6 Å². The zero-order valence-corrected chi connectivity index (χ0v) is 17.6. The Morgan fingerprint density at radius 3 is 2.66 bits per heavy atom. The smallest absolute Gasteiger partial charge is 0.534 e. The number of hydrogen-bond acceptors (Lipinski definition) is 8. The number of rotatable bonds is 7. The average molecular weight is 448 g/mol. The standard InChI is InChI=1S/C19H25BN4O8/c1-3-23-7-8-24(17(27)16(23)26)19(30)21-10(2)15(25)22-13-9-11-5-4-6-12(18(28)29)14(11)32-20(13)31/h4-6,10,13,19,21,30-31H,3,7-9H2,1-2H3,(H,22,25)(H,28,29)/t10-,13-,19?/m0/s1. The second kappa shape index (κ2) is 9.55. The number of amides is 3. The number of aromatic carboxylic acids is 1. The number of fused-ring (bicyclic) bond motifs is 1. The molecule has 3 amide bonds. The maximum Gasteiger partial charge on any atom is 0.547 e. The van der Waals surface area contributed by atoms with E-state index in [0.29, 0.717) is 12.1 Å². The van der Waals surface area contributed by atoms with Crippen LogP contribution in [0.5, 0.6) is 5.75 Å². The van der Waals surface area contributed by atoms with Gasteiger partial charge in [0.25, 0.3) is 0 Å². The Labute approximate surface area is 184 Å². The molecule has 2 aliphatic rings. The van der Waals surface area contributed by atoms with E-state index in [1.165, 1.54) is 17.9 Å². The summed E-state index contributed by atoms with van der Waals surface area (Å²) in [5.74, 6) is -4.20. The number of likely N-dealkylation sites (N-methyl/N-ethyl adjacent to an activating group) is 1. The van der Waals surface area contributed by atoms with E-state index in [0.717, 1.165) is 4.90 Å². The predicted molar refractivity (Wildman–Crippen MR) is 110 cm³/mol. The topological polar surface area (TPSA) is 169 Å². The van der Waals surface area contributed by atoms with Gasteiger partial charge in [-0.1, -0.05) is 12.1 Å². The molecule has 1 fully saturated rings. The molecule has 0 radical (unpaired) electrons. The van der Waals surface area contributed by atoms with E-state index >= 15 is 0 Å². The predicted octanol–water partition coefficient (Wildman–Crippen LogP) is -2.23. The quantitative estimate of drug-likeness (QED) is 0.176. The minimum atomic E-state index is -1.56. The van der Waals surface area contributed by atoms with E-state index in [-0.39, 0.29) is 30.8 Å². The lowest BCUT2D eigenvalue weighted by molar-refractivity contribution is -0.165. The molecule has 1 aromatic rings. The first-order valence-corrected chi connectivity index (χ1v) is 10.2. The van der Waals surface area contributed by atoms with Gasteiger partial charge in [0.15, 0.2) is 6.35 Å². The normalized spacial score (nSPS) is 20.4. The van der Waals surface area contributed by atoms with Crippen molar-refractivity contribution in [2.45, 2.75) is 38.6 Å². The lowest BCUT2D eigenvalue weighted by Crippen LogP contribution is -2.63. The molecule has 172 valence electrons. The fraction of sp³-hybridized carbons (Fsp3) is 0.474. The molecular formula is C19H25BN4O8. The molecule has 13 heteroatoms. The molecule has 1 aromatic carbocycles. The molecule has 0 bridgehead atoms. The van der Waals surface area contributed by atoms with Crippen molar-refractivity contribution < 1.29 is 39.1 Å². The summed E-state index contributed by atoms with van der Waals surface area (Å²) < 4.78 is 5.34. The first-order chi connectivity index (χ1) is 15.1. The first kappa shape index (κ1) is 23.5. The molecule has 2 aliphatic heterocycles. The van der Waals surface area contributed by atoms with E-state index in [1.807, 2.05) is 0 Å². The van der Waals surface area contributed by atoms with Crippen LogP contribution in [0.25, 0.3) is 0 Å². The number of carbonyl (C=O) groups excluding carboxylic acids is 3. The van der Waals surface area contributed by atoms with Gasteiger partial charge in [-0.15, -0.1) is 0 Å². The first-order valence-electron chi connectivity index (χ1n) is 10.2. The summed E-state index contributed by atoms with van der Waals surface area (Å²) in [4.78, 5) is 50.4. The fourth-order valence-electron chi connectivity index (χ4n) is 3.64. The molecule has 0 spiro atoms. The number of nitrogens with zero attached hydrogens (tertiary/aromatic N) is 2. The molecule has 3 atom stereocenters. The van der Waals surface area contributed by atoms with Gasteiger partial charge in [0, 0.05) is 19.6 Å². The third-order valence-electron chi connectivity index (χ3n) is 5.49. The fourth-order valence-corrected chi connectivity index (χ4v) is 3.64. The van der Waals surface area contributed by atoms with Crippen molar-refractivity contribution in [3.8, 4) is 5.75 Å². The highest BCUT2D eigenvalue weighted by Gasteiger charge is 2.39. The Bertz CT molecular complexity index is 929. The highest BCUT2D eigenvalue weighted by atomic mass is 16.5. The van der Waals surface area contributed by atoms with Gasteiger partial charge in [-0.3, -0.25) is 24.6 Å². The molecule has 1 saturated heterocycles. The summed E-state index contributed by atoms with van der Waals surface area (Å²) in [5.41, 5.74) is 0.422. The number of nitrogens with one attached hydrogen (secondary N) is 2. The van der Waals surface area contributed by atoms with E-state index < -0.39 is 49.1 Å². The number of carboxylic acid groups (broad SMARTS) is 1. The molecule has 5 N–H and O–H groups in total. The molecule has 0 aromatic heterocycles. The van der Waals surface area contributed by atoms with E-state index in [4.69, 9.17) is 4.65 Å². The van der Waals surface area contributed by atoms with Crippen molar-refractivity contribution in [3.63, 3.8) is 0 Å². The number of benzene rings is 1. The number of hydrogen-bond donors (Lipinski definition) is 5. The second-order valence-corrected chi connectivity index (χ2v) is 7.57. The summed E-state index contributed by atoms with van der Waals surface area (Å²) in [7, 11) is -1.48. The summed E-state index contributed by atoms with van der Waals surface area (Å²) in [6, 6.07) is 3.54. The van der Waals surface area contributed by atoms with Gasteiger partial charge in [-0.25, -0.2) is 4.79 Å². The molecule has 12 nitrogen and oxygen atoms in total. The third-order valence-corrected chi connectivity index (χ3v) is 5.49. The molecule has 2 heterocycles. The Hall–Kier alpha value is -3.16. The maximum atomic E-state index is 12.6. The van der Waals surface area contributed by atoms with Crippen molar-refractivity contribution in [2.24, 2.45) is 0 Å². The Kier molecular flexibility index (Phi) is 7.01. The van der Waals surface area contributed by atoms with Crippen molar-refractivity contribution in [1.82, 2.24) is 20.4 Å². The van der Waals surface area contributed by atoms with Crippen LogP contribution in [0.1, 0.15) is 29.8 Å². The summed E-state index contributed by atoms with van der Waals surface area (Å²) in [6.07, 6.45) is -1.43. The van der Waals surface area contributed by atoms with Crippen LogP contribution in [0.15, 0.2) is 18.2 Å². The monoisotopic (exact) mass is 448 g/mol. The van der Waals surface area contributed by atoms with Gasteiger partial charge in [-0.2, -0.15) is 0 Å². The zero-order valence-electron chi connectivity index (χ0n) is 17.6. The number of carbonyl (C=O) groups is 4. The Morgan fingerprint density at radius 2 is 2.00 bits per heavy atom. The van der Waals surface area contributed by atoms with Crippen LogP contribution in [-0.2, 0) is 20.8 Å². The minimum Gasteiger partial charge on any atom is -0.534 e. The number of para-hydroxylation sites is 1. The highest BCUT2D eigenvalue weighted by Crippen LogP contribution is 2.30. The number of carboxylic acids is 1. The van der Waals surface area contributed by atoms with Crippen LogP contribution in [-0.4, -0.2) is 93.8 Å². The van der Waals surface area contributed by atoms with Gasteiger partial charge >= 0.3 is 24.9 Å². The van der Waals surface area contributed by atoms with Crippen LogP contribution < -0.4 is 15.3 Å². The van der Waals surface area contributed by atoms with E-state index in [2.05, 4.69) is 10.6 Å².